The maximum absolute atomic E-state index is 12.3. The van der Waals surface area contributed by atoms with Gasteiger partial charge in [0.05, 0.1) is 19.6 Å². The molecule has 1 saturated heterocycles. The van der Waals surface area contributed by atoms with Crippen molar-refractivity contribution >= 4 is 11.8 Å². The molecule has 0 bridgehead atoms. The van der Waals surface area contributed by atoms with Gasteiger partial charge in [0.1, 0.15) is 5.75 Å². The van der Waals surface area contributed by atoms with Gasteiger partial charge in [-0.15, -0.1) is 0 Å². The summed E-state index contributed by atoms with van der Waals surface area (Å²) in [5.41, 5.74) is 6.29. The van der Waals surface area contributed by atoms with Crippen molar-refractivity contribution in [3.8, 4) is 5.75 Å². The molecule has 1 atom stereocenters. The van der Waals surface area contributed by atoms with E-state index in [0.717, 1.165) is 11.3 Å². The molecular formula is C16H23N3O3. The van der Waals surface area contributed by atoms with Crippen LogP contribution in [0.4, 0.5) is 0 Å². The van der Waals surface area contributed by atoms with Crippen LogP contribution >= 0.6 is 0 Å². The van der Waals surface area contributed by atoms with Gasteiger partial charge in [-0.2, -0.15) is 0 Å². The zero-order valence-electron chi connectivity index (χ0n) is 13.1. The molecule has 0 aliphatic carbocycles. The van der Waals surface area contributed by atoms with Gasteiger partial charge in [0.25, 0.3) is 0 Å². The molecule has 1 heterocycles. The van der Waals surface area contributed by atoms with E-state index in [1.54, 1.807) is 14.0 Å². The van der Waals surface area contributed by atoms with Crippen LogP contribution in [0, 0.1) is 0 Å². The molecule has 1 aliphatic rings. The minimum Gasteiger partial charge on any atom is -0.497 e. The van der Waals surface area contributed by atoms with Crippen LogP contribution in [-0.2, 0) is 16.0 Å². The van der Waals surface area contributed by atoms with Gasteiger partial charge in [0, 0.05) is 26.2 Å². The quantitative estimate of drug-likeness (QED) is 0.846. The summed E-state index contributed by atoms with van der Waals surface area (Å²) in [7, 11) is 1.62. The number of nitrogens with zero attached hydrogens (tertiary/aromatic N) is 2. The first-order valence-electron chi connectivity index (χ1n) is 7.45. The Labute approximate surface area is 130 Å². The lowest BCUT2D eigenvalue weighted by atomic mass is 10.1. The van der Waals surface area contributed by atoms with E-state index in [4.69, 9.17) is 10.5 Å². The van der Waals surface area contributed by atoms with Gasteiger partial charge in [0.15, 0.2) is 0 Å². The smallest absolute Gasteiger partial charge is 0.234 e. The van der Waals surface area contributed by atoms with Crippen LogP contribution in [0.25, 0.3) is 0 Å². The van der Waals surface area contributed by atoms with Crippen LogP contribution in [-0.4, -0.2) is 60.9 Å². The molecule has 1 aromatic rings. The number of methoxy groups -OCH3 is 1. The zero-order chi connectivity index (χ0) is 16.1. The molecule has 22 heavy (non-hydrogen) atoms. The highest BCUT2D eigenvalue weighted by Crippen LogP contribution is 2.13. The zero-order valence-corrected chi connectivity index (χ0v) is 13.1. The second-order valence-electron chi connectivity index (χ2n) is 5.52. The van der Waals surface area contributed by atoms with Crippen LogP contribution < -0.4 is 10.5 Å². The Balaban J connectivity index is 1.85. The van der Waals surface area contributed by atoms with E-state index < -0.39 is 0 Å². The van der Waals surface area contributed by atoms with E-state index in [1.165, 1.54) is 0 Å². The third-order valence-corrected chi connectivity index (χ3v) is 4.14. The average molecular weight is 305 g/mol. The molecule has 120 valence electrons. The van der Waals surface area contributed by atoms with Crippen molar-refractivity contribution in [1.29, 1.82) is 0 Å². The van der Waals surface area contributed by atoms with Gasteiger partial charge in [-0.3, -0.25) is 14.5 Å². The van der Waals surface area contributed by atoms with E-state index in [9.17, 15) is 9.59 Å². The number of carbonyl (C=O) groups is 2. The van der Waals surface area contributed by atoms with Crippen LogP contribution in [0.5, 0.6) is 5.75 Å². The van der Waals surface area contributed by atoms with E-state index >= 15 is 0 Å². The summed E-state index contributed by atoms with van der Waals surface area (Å²) >= 11 is 0. The molecule has 1 fully saturated rings. The van der Waals surface area contributed by atoms with Crippen molar-refractivity contribution in [3.05, 3.63) is 29.8 Å². The highest BCUT2D eigenvalue weighted by Gasteiger charge is 2.26. The first-order chi connectivity index (χ1) is 10.5. The highest BCUT2D eigenvalue weighted by molar-refractivity contribution is 5.80. The minimum absolute atomic E-state index is 0.108. The molecule has 1 unspecified atom stereocenters. The Kier molecular flexibility index (Phi) is 5.38. The Morgan fingerprint density at radius 2 is 1.77 bits per heavy atom. The molecule has 1 aliphatic heterocycles. The highest BCUT2D eigenvalue weighted by atomic mass is 16.5. The van der Waals surface area contributed by atoms with Crippen molar-refractivity contribution in [2.45, 2.75) is 19.4 Å². The third-order valence-electron chi connectivity index (χ3n) is 4.14. The normalized spacial score (nSPS) is 17.1. The van der Waals surface area contributed by atoms with Crippen molar-refractivity contribution in [3.63, 3.8) is 0 Å². The number of rotatable bonds is 5. The lowest BCUT2D eigenvalue weighted by Crippen LogP contribution is -2.54. The monoisotopic (exact) mass is 305 g/mol. The van der Waals surface area contributed by atoms with E-state index in [1.807, 2.05) is 34.1 Å². The lowest BCUT2D eigenvalue weighted by Gasteiger charge is -2.37. The molecule has 0 aromatic heterocycles. The number of benzene rings is 1. The summed E-state index contributed by atoms with van der Waals surface area (Å²) in [5.74, 6) is 0.569. The molecule has 0 radical (unpaired) electrons. The van der Waals surface area contributed by atoms with E-state index in [0.29, 0.717) is 32.6 Å². The second kappa shape index (κ2) is 7.26. The first kappa shape index (κ1) is 16.3. The van der Waals surface area contributed by atoms with Gasteiger partial charge in [-0.05, 0) is 24.6 Å². The number of primary amides is 1. The van der Waals surface area contributed by atoms with Crippen LogP contribution in [0.15, 0.2) is 24.3 Å². The van der Waals surface area contributed by atoms with Gasteiger partial charge in [-0.1, -0.05) is 12.1 Å². The van der Waals surface area contributed by atoms with Gasteiger partial charge < -0.3 is 15.4 Å². The fraction of sp³-hybridized carbons (Fsp3) is 0.500. The number of carbonyl (C=O) groups excluding carboxylic acids is 2. The Morgan fingerprint density at radius 1 is 1.18 bits per heavy atom. The molecular weight excluding hydrogens is 282 g/mol. The number of ether oxygens (including phenoxy) is 1. The summed E-state index contributed by atoms with van der Waals surface area (Å²) in [6.07, 6.45) is 0.384. The van der Waals surface area contributed by atoms with Crippen molar-refractivity contribution in [2.24, 2.45) is 5.73 Å². The SMILES string of the molecule is COc1ccc(CC(=O)N2CCN(C(C)C(N)=O)CC2)cc1. The molecule has 0 saturated carbocycles. The van der Waals surface area contributed by atoms with Gasteiger partial charge >= 0.3 is 0 Å². The summed E-state index contributed by atoms with van der Waals surface area (Å²) in [5, 5.41) is 0. The first-order valence-corrected chi connectivity index (χ1v) is 7.45. The van der Waals surface area contributed by atoms with Crippen molar-refractivity contribution < 1.29 is 14.3 Å². The molecule has 6 heteroatoms. The number of amides is 2. The Bertz CT molecular complexity index is 522. The summed E-state index contributed by atoms with van der Waals surface area (Å²) in [6.45, 7) is 4.42. The third kappa shape index (κ3) is 3.98. The van der Waals surface area contributed by atoms with Crippen LogP contribution in [0.3, 0.4) is 0 Å². The number of nitrogens with two attached hydrogens (primary N) is 1. The molecule has 2 amide bonds. The topological polar surface area (TPSA) is 75.9 Å². The summed E-state index contributed by atoms with van der Waals surface area (Å²) in [4.78, 5) is 27.4. The molecule has 0 spiro atoms. The molecule has 1 aromatic carbocycles. The maximum Gasteiger partial charge on any atom is 0.234 e. The number of hydrogen-bond acceptors (Lipinski definition) is 4. The average Bonchev–Trinajstić information content (AvgIpc) is 2.55. The second-order valence-corrected chi connectivity index (χ2v) is 5.52. The molecule has 2 rings (SSSR count). The molecule has 2 N–H and O–H groups in total. The van der Waals surface area contributed by atoms with E-state index in [2.05, 4.69) is 0 Å². The lowest BCUT2D eigenvalue weighted by molar-refractivity contribution is -0.133. The number of hydrogen-bond donors (Lipinski definition) is 1. The predicted octanol–water partition coefficient (Wildman–Crippen LogP) is 0.256. The Morgan fingerprint density at radius 3 is 2.27 bits per heavy atom. The van der Waals surface area contributed by atoms with Gasteiger partial charge in [0.2, 0.25) is 11.8 Å². The summed E-state index contributed by atoms with van der Waals surface area (Å²) < 4.78 is 5.11. The van der Waals surface area contributed by atoms with Gasteiger partial charge in [-0.25, -0.2) is 0 Å². The minimum atomic E-state index is -0.321. The van der Waals surface area contributed by atoms with Crippen LogP contribution in [0.1, 0.15) is 12.5 Å². The molecule has 6 nitrogen and oxygen atoms in total. The fourth-order valence-electron chi connectivity index (χ4n) is 2.57. The van der Waals surface area contributed by atoms with Crippen LogP contribution in [0.2, 0.25) is 0 Å². The fourth-order valence-corrected chi connectivity index (χ4v) is 2.57. The maximum atomic E-state index is 12.3. The van der Waals surface area contributed by atoms with Crippen molar-refractivity contribution in [1.82, 2.24) is 9.80 Å². The van der Waals surface area contributed by atoms with E-state index in [-0.39, 0.29) is 17.9 Å². The standard InChI is InChI=1S/C16H23N3O3/c1-12(16(17)21)18-7-9-19(10-8-18)15(20)11-13-3-5-14(22-2)6-4-13/h3-6,12H,7-11H2,1-2H3,(H2,17,21). The predicted molar refractivity (Wildman–Crippen MR) is 83.5 cm³/mol. The van der Waals surface area contributed by atoms with Crippen molar-refractivity contribution in [2.75, 3.05) is 33.3 Å². The Hall–Kier alpha value is -2.08. The number of piperazine rings is 1. The largest absolute Gasteiger partial charge is 0.497 e. The summed E-state index contributed by atoms with van der Waals surface area (Å²) in [6, 6.07) is 7.24.